The molecule has 20 heavy (non-hydrogen) atoms. The van der Waals surface area contributed by atoms with Crippen LogP contribution in [-0.4, -0.2) is 18.0 Å². The molecule has 2 bridgehead atoms. The summed E-state index contributed by atoms with van der Waals surface area (Å²) in [5, 5.41) is 0. The quantitative estimate of drug-likeness (QED) is 0.297. The van der Waals surface area contributed by atoms with Crippen molar-refractivity contribution in [1.29, 1.82) is 0 Å². The summed E-state index contributed by atoms with van der Waals surface area (Å²) in [6.07, 6.45) is 4.85. The van der Waals surface area contributed by atoms with E-state index >= 15 is 0 Å². The summed E-state index contributed by atoms with van der Waals surface area (Å²) < 4.78 is 37.5. The molecule has 2 aliphatic carbocycles. The Bertz CT molecular complexity index is 281. The zero-order valence-corrected chi connectivity index (χ0v) is 14.8. The fourth-order valence-corrected chi connectivity index (χ4v) is 7.50. The molecule has 5 nitrogen and oxygen atoms in total. The summed E-state index contributed by atoms with van der Waals surface area (Å²) >= 11 is 0. The van der Waals surface area contributed by atoms with Gasteiger partial charge in [-0.2, -0.15) is 0 Å². The maximum atomic E-state index is 7.50. The zero-order valence-electron chi connectivity index (χ0n) is 10.9. The molecular weight excluding hydrogens is 451 g/mol. The number of rotatable bonds is 0. The van der Waals surface area contributed by atoms with Gasteiger partial charge >= 0.3 is 56.5 Å². The predicted molar refractivity (Wildman–Crippen MR) is 62.3 cm³/mol. The summed E-state index contributed by atoms with van der Waals surface area (Å²) in [7, 11) is 0.256. The van der Waals surface area contributed by atoms with E-state index in [2.05, 4.69) is 39.9 Å². The monoisotopic (exact) mass is 465 g/mol. The molecule has 0 aromatic heterocycles. The molecule has 0 aromatic rings. The van der Waals surface area contributed by atoms with Gasteiger partial charge in [0.05, 0.1) is 0 Å². The SMILES string of the molecule is C[PH+]1C2C3CCC(C3)C21.[C-]#[O+].[C-]#[O+].[C-]#[O+].[C-]#[O+].[C-]#[O+].[W]. The number of hydrogen-bond donors (Lipinski definition) is 0. The van der Waals surface area contributed by atoms with Gasteiger partial charge in [-0.25, -0.2) is 0 Å². The van der Waals surface area contributed by atoms with Gasteiger partial charge in [-0.05, 0) is 31.1 Å². The Morgan fingerprint density at radius 2 is 0.950 bits per heavy atom. The Morgan fingerprint density at radius 3 is 1.15 bits per heavy atom. The first-order chi connectivity index (χ1) is 9.38. The van der Waals surface area contributed by atoms with Crippen LogP contribution in [0.25, 0.3) is 0 Å². The van der Waals surface area contributed by atoms with Gasteiger partial charge < -0.3 is 0 Å². The molecule has 1 saturated heterocycles. The first-order valence-electron chi connectivity index (χ1n) is 5.23. The Labute approximate surface area is 134 Å². The molecular formula is C13H14O5PW+. The van der Waals surface area contributed by atoms with E-state index in [0.29, 0.717) is 0 Å². The molecule has 0 aromatic carbocycles. The van der Waals surface area contributed by atoms with Crippen molar-refractivity contribution in [3.8, 4) is 0 Å². The largest absolute Gasteiger partial charge is 0 e. The van der Waals surface area contributed by atoms with Gasteiger partial charge in [0.1, 0.15) is 11.3 Å². The van der Waals surface area contributed by atoms with Crippen LogP contribution in [0.4, 0.5) is 0 Å². The summed E-state index contributed by atoms with van der Waals surface area (Å²) in [6, 6.07) is 0. The van der Waals surface area contributed by atoms with Crippen LogP contribution < -0.4 is 0 Å². The van der Waals surface area contributed by atoms with Gasteiger partial charge in [-0.15, -0.1) is 0 Å². The fraction of sp³-hybridized carbons (Fsp3) is 0.615. The van der Waals surface area contributed by atoms with Crippen molar-refractivity contribution in [3.63, 3.8) is 0 Å². The van der Waals surface area contributed by atoms with Crippen LogP contribution in [-0.2, 0) is 44.3 Å². The summed E-state index contributed by atoms with van der Waals surface area (Å²) in [6.45, 7) is 25.1. The third-order valence-electron chi connectivity index (χ3n) is 3.86. The number of fused-ring (bicyclic) bond motifs is 5. The molecule has 3 aliphatic rings. The van der Waals surface area contributed by atoms with Crippen LogP contribution in [0.2, 0.25) is 0 Å². The smallest absolute Gasteiger partial charge is 0 e. The molecule has 1 heterocycles. The predicted octanol–water partition coefficient (Wildman–Crippen LogP) is 1.82. The van der Waals surface area contributed by atoms with Crippen molar-refractivity contribution in [2.45, 2.75) is 30.6 Å². The molecule has 4 unspecified atom stereocenters. The van der Waals surface area contributed by atoms with Crippen LogP contribution in [0.5, 0.6) is 0 Å². The average molecular weight is 465 g/mol. The van der Waals surface area contributed by atoms with E-state index in [0.717, 1.165) is 0 Å². The van der Waals surface area contributed by atoms with Crippen molar-refractivity contribution >= 4 is 7.92 Å². The van der Waals surface area contributed by atoms with Gasteiger partial charge in [0.15, 0.2) is 0 Å². The van der Waals surface area contributed by atoms with Crippen molar-refractivity contribution in [2.24, 2.45) is 11.8 Å². The third kappa shape index (κ3) is 7.01. The Kier molecular flexibility index (Phi) is 26.4. The maximum Gasteiger partial charge on any atom is 0 e. The topological polar surface area (TPSA) is 99.5 Å². The maximum absolute atomic E-state index is 7.50. The van der Waals surface area contributed by atoms with Crippen LogP contribution in [0, 0.1) is 45.1 Å². The van der Waals surface area contributed by atoms with Crippen molar-refractivity contribution < 1.29 is 44.3 Å². The van der Waals surface area contributed by atoms with Crippen LogP contribution in [0.3, 0.4) is 0 Å². The molecule has 3 fully saturated rings. The van der Waals surface area contributed by atoms with Gasteiger partial charge in [-0.1, -0.05) is 0 Å². The standard InChI is InChI=1S/C8H13P.5CO.W/c1-9-7-5-2-3-6(4-5)8(7)9;5*1-2;/h5-8H,2-4H2,1H3;;;;;;/p+1. The first-order valence-corrected chi connectivity index (χ1v) is 7.39. The second-order valence-corrected chi connectivity index (χ2v) is 6.95. The van der Waals surface area contributed by atoms with Crippen molar-refractivity contribution in [1.82, 2.24) is 0 Å². The molecule has 0 N–H and O–H groups in total. The van der Waals surface area contributed by atoms with Crippen LogP contribution in [0.15, 0.2) is 0 Å². The van der Waals surface area contributed by atoms with E-state index in [4.69, 9.17) is 23.3 Å². The molecule has 0 radical (unpaired) electrons. The molecule has 0 amide bonds. The van der Waals surface area contributed by atoms with E-state index < -0.39 is 0 Å². The van der Waals surface area contributed by atoms with E-state index in [1.165, 1.54) is 23.2 Å². The van der Waals surface area contributed by atoms with Crippen LogP contribution in [0.1, 0.15) is 19.3 Å². The molecule has 7 heteroatoms. The van der Waals surface area contributed by atoms with Gasteiger partial charge in [-0.3, -0.25) is 0 Å². The summed E-state index contributed by atoms with van der Waals surface area (Å²) in [5.41, 5.74) is 2.63. The minimum atomic E-state index is 0. The van der Waals surface area contributed by atoms with Crippen molar-refractivity contribution in [2.75, 3.05) is 6.66 Å². The molecule has 4 atom stereocenters. The van der Waals surface area contributed by atoms with E-state index in [1.807, 2.05) is 0 Å². The first kappa shape index (κ1) is 28.0. The normalized spacial score (nSPS) is 31.2. The minimum absolute atomic E-state index is 0. The van der Waals surface area contributed by atoms with Crippen LogP contribution >= 0.6 is 7.92 Å². The second kappa shape index (κ2) is 18.8. The molecule has 3 rings (SSSR count). The van der Waals surface area contributed by atoms with Gasteiger partial charge in [0.2, 0.25) is 0 Å². The second-order valence-electron chi connectivity index (χ2n) is 4.13. The fourth-order valence-electron chi connectivity index (χ4n) is 3.48. The Hall–Kier alpha value is -0.182. The van der Waals surface area contributed by atoms with Gasteiger partial charge in [0, 0.05) is 35.7 Å². The van der Waals surface area contributed by atoms with E-state index in [-0.39, 0.29) is 29.0 Å². The molecule has 1 aliphatic heterocycles. The summed E-state index contributed by atoms with van der Waals surface area (Å²) in [4.78, 5) is 0. The van der Waals surface area contributed by atoms with E-state index in [9.17, 15) is 0 Å². The van der Waals surface area contributed by atoms with E-state index in [1.54, 1.807) is 19.3 Å². The molecule has 0 spiro atoms. The molecule has 106 valence electrons. The average Bonchev–Trinajstić information content (AvgIpc) is 2.93. The third-order valence-corrected chi connectivity index (χ3v) is 7.24. The summed E-state index contributed by atoms with van der Waals surface area (Å²) in [5.74, 6) is 2.47. The molecule has 2 saturated carbocycles. The van der Waals surface area contributed by atoms with Crippen molar-refractivity contribution in [3.05, 3.63) is 33.3 Å². The number of hydrogen-bond acceptors (Lipinski definition) is 0. The Balaban J connectivity index is -0.000000102. The zero-order chi connectivity index (χ0) is 16.0. The van der Waals surface area contributed by atoms with Gasteiger partial charge in [0.25, 0.3) is 0 Å². The Morgan fingerprint density at radius 1 is 0.700 bits per heavy atom. The minimum Gasteiger partial charge on any atom is 0 e.